The molecule has 1 fully saturated rings. The molecule has 1 aromatic rings. The monoisotopic (exact) mass is 393 g/mol. The first kappa shape index (κ1) is 21.3. The molecular formula is C18H23N3O7. The van der Waals surface area contributed by atoms with Gasteiger partial charge in [-0.25, -0.2) is 4.68 Å². The van der Waals surface area contributed by atoms with Gasteiger partial charge in [-0.15, -0.1) is 10.8 Å². The highest BCUT2D eigenvalue weighted by atomic mass is 16.6. The van der Waals surface area contributed by atoms with Crippen LogP contribution >= 0.6 is 0 Å². The van der Waals surface area contributed by atoms with Gasteiger partial charge < -0.3 is 18.9 Å². The van der Waals surface area contributed by atoms with Crippen LogP contribution in [0.4, 0.5) is 0 Å². The second-order valence-electron chi connectivity index (χ2n) is 6.29. The number of hydrogen-bond donors (Lipinski definition) is 0. The molecule has 0 saturated carbocycles. The molecule has 152 valence electrons. The van der Waals surface area contributed by atoms with Crippen LogP contribution in [-0.2, 0) is 33.3 Å². The van der Waals surface area contributed by atoms with E-state index in [0.29, 0.717) is 5.69 Å². The highest BCUT2D eigenvalue weighted by molar-refractivity contribution is 5.67. The summed E-state index contributed by atoms with van der Waals surface area (Å²) in [7, 11) is 0. The number of hydrogen-bond acceptors (Lipinski definition) is 9. The fraction of sp³-hybridized carbons (Fsp3) is 0.556. The van der Waals surface area contributed by atoms with Gasteiger partial charge in [-0.2, -0.15) is 0 Å². The number of carbonyl (C=O) groups excluding carboxylic acids is 3. The smallest absolute Gasteiger partial charge is 0.303 e. The molecule has 1 aromatic heterocycles. The second kappa shape index (κ2) is 9.29. The van der Waals surface area contributed by atoms with Crippen LogP contribution in [0.15, 0.2) is 24.6 Å². The number of nitrogens with zero attached hydrogens (tertiary/aromatic N) is 3. The third-order valence-corrected chi connectivity index (χ3v) is 3.96. The first-order valence-electron chi connectivity index (χ1n) is 8.60. The number of ether oxygens (including phenoxy) is 4. The molecule has 0 aliphatic carbocycles. The summed E-state index contributed by atoms with van der Waals surface area (Å²) in [6.07, 6.45) is -0.398. The van der Waals surface area contributed by atoms with Crippen molar-refractivity contribution in [1.82, 2.24) is 15.0 Å². The Balaban J connectivity index is 2.52. The van der Waals surface area contributed by atoms with Gasteiger partial charge in [-0.3, -0.25) is 14.4 Å². The topological polar surface area (TPSA) is 119 Å². The van der Waals surface area contributed by atoms with Crippen LogP contribution in [0.25, 0.3) is 0 Å². The molecule has 2 heterocycles. The number of rotatable bonds is 6. The van der Waals surface area contributed by atoms with Crippen LogP contribution in [0.3, 0.4) is 0 Å². The molecule has 2 rings (SSSR count). The van der Waals surface area contributed by atoms with Crippen LogP contribution in [0.1, 0.15) is 32.5 Å². The molecule has 28 heavy (non-hydrogen) atoms. The Hall–Kier alpha value is -2.97. The second-order valence-corrected chi connectivity index (χ2v) is 6.29. The van der Waals surface area contributed by atoms with E-state index in [4.69, 9.17) is 18.9 Å². The first-order chi connectivity index (χ1) is 13.2. The fourth-order valence-corrected chi connectivity index (χ4v) is 3.02. The SMILES string of the molecule is C=C=C[C@H]1O[C@H](COC(C)=O)[C@H](OC(C)=O)[C@H](n2cc(C)nn2)[C@H]1OC(C)=O. The van der Waals surface area contributed by atoms with Crippen molar-refractivity contribution in [2.45, 2.75) is 58.2 Å². The highest BCUT2D eigenvalue weighted by Crippen LogP contribution is 2.35. The number of aromatic nitrogens is 3. The minimum Gasteiger partial charge on any atom is -0.463 e. The lowest BCUT2D eigenvalue weighted by atomic mass is 9.92. The number of aryl methyl sites for hydroxylation is 1. The Morgan fingerprint density at radius 3 is 2.36 bits per heavy atom. The Morgan fingerprint density at radius 2 is 1.86 bits per heavy atom. The molecule has 0 radical (unpaired) electrons. The molecule has 1 saturated heterocycles. The van der Waals surface area contributed by atoms with Gasteiger partial charge in [0, 0.05) is 27.0 Å². The minimum atomic E-state index is -0.961. The predicted molar refractivity (Wildman–Crippen MR) is 93.9 cm³/mol. The van der Waals surface area contributed by atoms with Crippen LogP contribution < -0.4 is 0 Å². The van der Waals surface area contributed by atoms with E-state index in [-0.39, 0.29) is 6.61 Å². The molecule has 0 amide bonds. The zero-order valence-corrected chi connectivity index (χ0v) is 16.2. The molecule has 1 aliphatic heterocycles. The maximum Gasteiger partial charge on any atom is 0.303 e. The third-order valence-electron chi connectivity index (χ3n) is 3.96. The number of carbonyl (C=O) groups is 3. The van der Waals surface area contributed by atoms with E-state index in [9.17, 15) is 14.4 Å². The molecule has 5 atom stereocenters. The quantitative estimate of drug-likeness (QED) is 0.390. The molecular weight excluding hydrogens is 370 g/mol. The Bertz CT molecular complexity index is 784. The van der Waals surface area contributed by atoms with E-state index in [2.05, 4.69) is 22.6 Å². The summed E-state index contributed by atoms with van der Waals surface area (Å²) in [6, 6.07) is -0.780. The van der Waals surface area contributed by atoms with Crippen molar-refractivity contribution in [3.05, 3.63) is 30.3 Å². The Kier molecular flexibility index (Phi) is 7.08. The van der Waals surface area contributed by atoms with Gasteiger partial charge >= 0.3 is 17.9 Å². The molecule has 0 unspecified atom stereocenters. The first-order valence-corrected chi connectivity index (χ1v) is 8.60. The normalized spacial score (nSPS) is 26.6. The maximum atomic E-state index is 11.7. The zero-order valence-electron chi connectivity index (χ0n) is 16.2. The summed E-state index contributed by atoms with van der Waals surface area (Å²) in [4.78, 5) is 34.7. The van der Waals surface area contributed by atoms with Gasteiger partial charge in [-0.1, -0.05) is 11.8 Å². The molecule has 10 heteroatoms. The summed E-state index contributed by atoms with van der Waals surface area (Å²) in [5.74, 6) is -1.66. The Morgan fingerprint density at radius 1 is 1.21 bits per heavy atom. The zero-order chi connectivity index (χ0) is 20.8. The van der Waals surface area contributed by atoms with Crippen molar-refractivity contribution < 1.29 is 33.3 Å². The van der Waals surface area contributed by atoms with Crippen molar-refractivity contribution in [3.63, 3.8) is 0 Å². The summed E-state index contributed by atoms with van der Waals surface area (Å²) in [5.41, 5.74) is 3.22. The van der Waals surface area contributed by atoms with E-state index in [1.165, 1.54) is 31.5 Å². The average Bonchev–Trinajstić information content (AvgIpc) is 3.01. The molecule has 0 spiro atoms. The van der Waals surface area contributed by atoms with Crippen LogP contribution in [-0.4, -0.2) is 63.9 Å². The van der Waals surface area contributed by atoms with Gasteiger partial charge in [0.15, 0.2) is 12.2 Å². The van der Waals surface area contributed by atoms with Crippen LogP contribution in [0, 0.1) is 6.92 Å². The summed E-state index contributed by atoms with van der Waals surface area (Å²) in [6.45, 7) is 8.84. The van der Waals surface area contributed by atoms with Crippen molar-refractivity contribution in [2.24, 2.45) is 0 Å². The van der Waals surface area contributed by atoms with Gasteiger partial charge in [0.25, 0.3) is 0 Å². The lowest BCUT2D eigenvalue weighted by Gasteiger charge is -2.44. The van der Waals surface area contributed by atoms with E-state index in [1.54, 1.807) is 13.1 Å². The lowest BCUT2D eigenvalue weighted by molar-refractivity contribution is -0.219. The molecule has 0 bridgehead atoms. The van der Waals surface area contributed by atoms with Crippen LogP contribution in [0.2, 0.25) is 0 Å². The van der Waals surface area contributed by atoms with E-state index >= 15 is 0 Å². The molecule has 0 N–H and O–H groups in total. The molecule has 0 aromatic carbocycles. The average molecular weight is 393 g/mol. The lowest BCUT2D eigenvalue weighted by Crippen LogP contribution is -2.58. The van der Waals surface area contributed by atoms with Crippen LogP contribution in [0.5, 0.6) is 0 Å². The van der Waals surface area contributed by atoms with Gasteiger partial charge in [0.05, 0.1) is 5.69 Å². The fourth-order valence-electron chi connectivity index (χ4n) is 3.02. The van der Waals surface area contributed by atoms with Crippen molar-refractivity contribution in [3.8, 4) is 0 Å². The van der Waals surface area contributed by atoms with Gasteiger partial charge in [0.1, 0.15) is 24.9 Å². The van der Waals surface area contributed by atoms with E-state index in [1.807, 2.05) is 0 Å². The summed E-state index contributed by atoms with van der Waals surface area (Å²) < 4.78 is 23.4. The van der Waals surface area contributed by atoms with Crippen molar-refractivity contribution in [2.75, 3.05) is 6.61 Å². The standard InChI is InChI=1S/C18H23N3O7/c1-6-7-14-17(26-12(4)23)16(21-8-10(2)19-20-21)18(27-13(5)24)15(28-14)9-25-11(3)22/h7-8,14-18H,1,9H2,2-5H3/t14-,15-,16-,17+,18+/m1/s1. The summed E-state index contributed by atoms with van der Waals surface area (Å²) in [5, 5.41) is 8.01. The predicted octanol–water partition coefficient (Wildman–Crippen LogP) is 0.663. The largest absolute Gasteiger partial charge is 0.463 e. The third kappa shape index (κ3) is 5.28. The van der Waals surface area contributed by atoms with E-state index < -0.39 is 48.4 Å². The maximum absolute atomic E-state index is 11.7. The van der Waals surface area contributed by atoms with Gasteiger partial charge in [0.2, 0.25) is 0 Å². The Labute approximate surface area is 162 Å². The molecule has 10 nitrogen and oxygen atoms in total. The van der Waals surface area contributed by atoms with Gasteiger partial charge in [-0.05, 0) is 13.0 Å². The minimum absolute atomic E-state index is 0.175. The van der Waals surface area contributed by atoms with Crippen molar-refractivity contribution >= 4 is 17.9 Å². The molecule has 1 aliphatic rings. The highest BCUT2D eigenvalue weighted by Gasteiger charge is 2.50. The van der Waals surface area contributed by atoms with Crippen molar-refractivity contribution in [1.29, 1.82) is 0 Å². The summed E-state index contributed by atoms with van der Waals surface area (Å²) >= 11 is 0. The van der Waals surface area contributed by atoms with E-state index in [0.717, 1.165) is 0 Å². The number of esters is 3.